The van der Waals surface area contributed by atoms with Crippen LogP contribution in [-0.2, 0) is 0 Å². The van der Waals surface area contributed by atoms with Crippen LogP contribution in [0, 0.1) is 13.8 Å². The lowest BCUT2D eigenvalue weighted by molar-refractivity contribution is 0.471. The molecule has 20 heavy (non-hydrogen) atoms. The molecule has 0 aliphatic rings. The summed E-state index contributed by atoms with van der Waals surface area (Å²) in [5.41, 5.74) is 2.96. The first-order valence-electron chi connectivity index (χ1n) is 6.40. The quantitative estimate of drug-likeness (QED) is 0.682. The molecule has 2 aromatic carbocycles. The molecule has 0 spiro atoms. The number of rotatable bonds is 1. The zero-order chi connectivity index (χ0) is 14.3. The molecule has 0 radical (unpaired) electrons. The van der Waals surface area contributed by atoms with E-state index in [1.54, 1.807) is 24.3 Å². The Morgan fingerprint density at radius 3 is 2.50 bits per heavy atom. The molecular formula is C17H14O3. The van der Waals surface area contributed by atoms with E-state index in [0.717, 1.165) is 11.1 Å². The molecule has 0 aliphatic carbocycles. The van der Waals surface area contributed by atoms with Gasteiger partial charge in [-0.05, 0) is 42.7 Å². The molecule has 3 aromatic rings. The minimum Gasteiger partial charge on any atom is -0.506 e. The summed E-state index contributed by atoms with van der Waals surface area (Å²) >= 11 is 0. The van der Waals surface area contributed by atoms with Gasteiger partial charge in [-0.15, -0.1) is 0 Å². The standard InChI is InChI=1S/C17H14O3/c1-10-7-8-12(9-11(10)2)15-16(18)13-5-3-4-6-14(13)20-17(15)19/h3-9,18H,1-2H3. The Labute approximate surface area is 116 Å². The van der Waals surface area contributed by atoms with Crippen molar-refractivity contribution in [3.05, 3.63) is 64.0 Å². The Morgan fingerprint density at radius 2 is 1.75 bits per heavy atom. The number of aromatic hydroxyl groups is 1. The molecule has 0 fully saturated rings. The number of benzene rings is 2. The first-order valence-corrected chi connectivity index (χ1v) is 6.40. The second kappa shape index (κ2) is 4.53. The summed E-state index contributed by atoms with van der Waals surface area (Å²) in [5, 5.41) is 10.9. The van der Waals surface area contributed by atoms with Gasteiger partial charge < -0.3 is 9.52 Å². The molecule has 100 valence electrons. The largest absolute Gasteiger partial charge is 0.506 e. The molecule has 3 heteroatoms. The molecule has 0 unspecified atom stereocenters. The van der Waals surface area contributed by atoms with Gasteiger partial charge >= 0.3 is 5.63 Å². The van der Waals surface area contributed by atoms with Crippen LogP contribution in [0.4, 0.5) is 0 Å². The van der Waals surface area contributed by atoms with Gasteiger partial charge in [0, 0.05) is 0 Å². The van der Waals surface area contributed by atoms with Gasteiger partial charge in [0.2, 0.25) is 0 Å². The van der Waals surface area contributed by atoms with Crippen LogP contribution in [0.1, 0.15) is 11.1 Å². The maximum atomic E-state index is 12.1. The maximum Gasteiger partial charge on any atom is 0.347 e. The summed E-state index contributed by atoms with van der Waals surface area (Å²) < 4.78 is 5.28. The minimum absolute atomic E-state index is 0.0277. The van der Waals surface area contributed by atoms with Crippen LogP contribution in [-0.4, -0.2) is 5.11 Å². The summed E-state index contributed by atoms with van der Waals surface area (Å²) in [6.07, 6.45) is 0. The third-order valence-corrected chi connectivity index (χ3v) is 3.58. The molecule has 1 heterocycles. The van der Waals surface area contributed by atoms with Gasteiger partial charge in [-0.2, -0.15) is 0 Å². The van der Waals surface area contributed by atoms with Crippen LogP contribution < -0.4 is 5.63 Å². The van der Waals surface area contributed by atoms with Crippen LogP contribution in [0.3, 0.4) is 0 Å². The highest BCUT2D eigenvalue weighted by atomic mass is 16.4. The third kappa shape index (κ3) is 1.88. The molecule has 3 nitrogen and oxygen atoms in total. The Balaban J connectivity index is 2.36. The van der Waals surface area contributed by atoms with Crippen LogP contribution in [0.2, 0.25) is 0 Å². The fraction of sp³-hybridized carbons (Fsp3) is 0.118. The van der Waals surface area contributed by atoms with E-state index < -0.39 is 5.63 Å². The summed E-state index contributed by atoms with van der Waals surface area (Å²) in [4.78, 5) is 12.1. The van der Waals surface area contributed by atoms with Crippen molar-refractivity contribution in [1.29, 1.82) is 0 Å². The highest BCUT2D eigenvalue weighted by molar-refractivity contribution is 5.90. The number of hydrogen-bond acceptors (Lipinski definition) is 3. The first kappa shape index (κ1) is 12.5. The van der Waals surface area contributed by atoms with Gasteiger partial charge in [-0.25, -0.2) is 4.79 Å². The Kier molecular flexibility index (Phi) is 2.83. The highest BCUT2D eigenvalue weighted by Gasteiger charge is 2.15. The summed E-state index contributed by atoms with van der Waals surface area (Å²) in [7, 11) is 0. The van der Waals surface area contributed by atoms with Gasteiger partial charge in [0.1, 0.15) is 16.9 Å². The monoisotopic (exact) mass is 266 g/mol. The predicted molar refractivity (Wildman–Crippen MR) is 79.1 cm³/mol. The Morgan fingerprint density at radius 1 is 1.00 bits per heavy atom. The molecule has 0 bridgehead atoms. The molecule has 0 saturated heterocycles. The summed E-state index contributed by atoms with van der Waals surface area (Å²) in [5.74, 6) is -0.0277. The fourth-order valence-electron chi connectivity index (χ4n) is 2.29. The zero-order valence-electron chi connectivity index (χ0n) is 11.3. The van der Waals surface area contributed by atoms with Crippen LogP contribution >= 0.6 is 0 Å². The van der Waals surface area contributed by atoms with E-state index in [4.69, 9.17) is 4.42 Å². The minimum atomic E-state index is -0.524. The average Bonchev–Trinajstić information content (AvgIpc) is 2.43. The number of aryl methyl sites for hydroxylation is 2. The number of fused-ring (bicyclic) bond motifs is 1. The van der Waals surface area contributed by atoms with Crippen molar-refractivity contribution in [3.8, 4) is 16.9 Å². The molecule has 0 atom stereocenters. The van der Waals surface area contributed by atoms with Crippen molar-refractivity contribution < 1.29 is 9.52 Å². The lowest BCUT2D eigenvalue weighted by atomic mass is 10.00. The van der Waals surface area contributed by atoms with Crippen LogP contribution in [0.15, 0.2) is 51.7 Å². The van der Waals surface area contributed by atoms with Crippen molar-refractivity contribution in [2.45, 2.75) is 13.8 Å². The number of hydrogen-bond donors (Lipinski definition) is 1. The Bertz CT molecular complexity index is 860. The summed E-state index contributed by atoms with van der Waals surface area (Å²) in [6.45, 7) is 3.97. The second-order valence-corrected chi connectivity index (χ2v) is 4.91. The van der Waals surface area contributed by atoms with Crippen molar-refractivity contribution in [1.82, 2.24) is 0 Å². The molecular weight excluding hydrogens is 252 g/mol. The van der Waals surface area contributed by atoms with Crippen LogP contribution in [0.25, 0.3) is 22.1 Å². The molecule has 1 N–H and O–H groups in total. The van der Waals surface area contributed by atoms with E-state index in [1.807, 2.05) is 32.0 Å². The van der Waals surface area contributed by atoms with Crippen molar-refractivity contribution in [2.24, 2.45) is 0 Å². The molecule has 0 amide bonds. The lowest BCUT2D eigenvalue weighted by Crippen LogP contribution is -2.03. The van der Waals surface area contributed by atoms with E-state index in [2.05, 4.69) is 0 Å². The average molecular weight is 266 g/mol. The van der Waals surface area contributed by atoms with Crippen molar-refractivity contribution in [2.75, 3.05) is 0 Å². The number of para-hydroxylation sites is 1. The smallest absolute Gasteiger partial charge is 0.347 e. The Hall–Kier alpha value is -2.55. The van der Waals surface area contributed by atoms with Crippen molar-refractivity contribution in [3.63, 3.8) is 0 Å². The molecule has 1 aromatic heterocycles. The normalized spacial score (nSPS) is 10.9. The lowest BCUT2D eigenvalue weighted by Gasteiger charge is -2.08. The van der Waals surface area contributed by atoms with E-state index in [1.165, 1.54) is 0 Å². The van der Waals surface area contributed by atoms with E-state index in [9.17, 15) is 9.90 Å². The van der Waals surface area contributed by atoms with E-state index in [0.29, 0.717) is 16.5 Å². The molecule has 0 saturated carbocycles. The second-order valence-electron chi connectivity index (χ2n) is 4.91. The molecule has 3 rings (SSSR count). The van der Waals surface area contributed by atoms with Gasteiger partial charge in [0.15, 0.2) is 0 Å². The van der Waals surface area contributed by atoms with E-state index in [-0.39, 0.29) is 11.3 Å². The zero-order valence-corrected chi connectivity index (χ0v) is 11.3. The van der Waals surface area contributed by atoms with Crippen molar-refractivity contribution >= 4 is 11.0 Å². The van der Waals surface area contributed by atoms with Gasteiger partial charge in [-0.3, -0.25) is 0 Å². The molecule has 0 aliphatic heterocycles. The van der Waals surface area contributed by atoms with Gasteiger partial charge in [-0.1, -0.05) is 30.3 Å². The van der Waals surface area contributed by atoms with Crippen LogP contribution in [0.5, 0.6) is 5.75 Å². The van der Waals surface area contributed by atoms with Gasteiger partial charge in [0.25, 0.3) is 0 Å². The van der Waals surface area contributed by atoms with E-state index >= 15 is 0 Å². The summed E-state index contributed by atoms with van der Waals surface area (Å²) in [6, 6.07) is 12.6. The van der Waals surface area contributed by atoms with Gasteiger partial charge in [0.05, 0.1) is 5.39 Å². The third-order valence-electron chi connectivity index (χ3n) is 3.58. The predicted octanol–water partition coefficient (Wildman–Crippen LogP) is 3.78. The fourth-order valence-corrected chi connectivity index (χ4v) is 2.29. The first-order chi connectivity index (χ1) is 9.58. The highest BCUT2D eigenvalue weighted by Crippen LogP contribution is 2.33. The maximum absolute atomic E-state index is 12.1. The SMILES string of the molecule is Cc1ccc(-c2c(O)c3ccccc3oc2=O)cc1C. The topological polar surface area (TPSA) is 50.4 Å².